The summed E-state index contributed by atoms with van der Waals surface area (Å²) in [5.41, 5.74) is 8.90. The van der Waals surface area contributed by atoms with Crippen molar-refractivity contribution in [2.24, 2.45) is 5.73 Å². The molecule has 0 spiro atoms. The summed E-state index contributed by atoms with van der Waals surface area (Å²) in [5, 5.41) is 3.13. The summed E-state index contributed by atoms with van der Waals surface area (Å²) in [6.07, 6.45) is 4.02. The van der Waals surface area contributed by atoms with Crippen LogP contribution in [0.25, 0.3) is 0 Å². The van der Waals surface area contributed by atoms with Gasteiger partial charge in [0.15, 0.2) is 0 Å². The van der Waals surface area contributed by atoms with E-state index < -0.39 is 0 Å². The highest BCUT2D eigenvalue weighted by Crippen LogP contribution is 2.18. The fourth-order valence-corrected chi connectivity index (χ4v) is 2.52. The number of carbonyl (C=O) groups excluding carboxylic acids is 1. The molecule has 0 unspecified atom stereocenters. The Morgan fingerprint density at radius 2 is 1.84 bits per heavy atom. The van der Waals surface area contributed by atoms with E-state index in [0.717, 1.165) is 42.4 Å². The van der Waals surface area contributed by atoms with E-state index in [1.165, 1.54) is 0 Å². The van der Waals surface area contributed by atoms with E-state index in [2.05, 4.69) is 5.32 Å². The predicted octanol–water partition coefficient (Wildman–Crippen LogP) is 2.72. The molecule has 3 nitrogen and oxygen atoms in total. The first-order valence-electron chi connectivity index (χ1n) is 6.70. The van der Waals surface area contributed by atoms with Crippen LogP contribution in [-0.2, 0) is 0 Å². The van der Waals surface area contributed by atoms with E-state index >= 15 is 0 Å². The van der Waals surface area contributed by atoms with Crippen LogP contribution in [0.4, 0.5) is 0 Å². The summed E-state index contributed by atoms with van der Waals surface area (Å²) in [6.45, 7) is 4.03. The summed E-state index contributed by atoms with van der Waals surface area (Å²) >= 11 is 0. The molecule has 1 aromatic rings. The number of benzene rings is 1. The van der Waals surface area contributed by atoms with Crippen LogP contribution in [0.15, 0.2) is 18.2 Å². The monoisotopic (exact) mass is 282 g/mol. The number of aryl methyl sites for hydroxylation is 1. The molecule has 1 amide bonds. The molecule has 0 atom stereocenters. The summed E-state index contributed by atoms with van der Waals surface area (Å²) in [6, 6.07) is 6.47. The second-order valence-electron chi connectivity index (χ2n) is 5.33. The third kappa shape index (κ3) is 3.95. The summed E-state index contributed by atoms with van der Waals surface area (Å²) in [7, 11) is 0. The molecule has 0 bridgehead atoms. The number of nitrogens with two attached hydrogens (primary N) is 1. The quantitative estimate of drug-likeness (QED) is 0.876. The van der Waals surface area contributed by atoms with Gasteiger partial charge in [0, 0.05) is 17.6 Å². The van der Waals surface area contributed by atoms with Gasteiger partial charge in [-0.3, -0.25) is 4.79 Å². The molecule has 0 saturated heterocycles. The molecule has 1 aliphatic rings. The molecule has 0 aromatic heterocycles. The van der Waals surface area contributed by atoms with Gasteiger partial charge in [-0.1, -0.05) is 12.1 Å². The lowest BCUT2D eigenvalue weighted by Crippen LogP contribution is -2.40. The first-order chi connectivity index (χ1) is 8.58. The molecule has 106 valence electrons. The fraction of sp³-hybridized carbons (Fsp3) is 0.533. The fourth-order valence-electron chi connectivity index (χ4n) is 2.52. The highest BCUT2D eigenvalue weighted by atomic mass is 35.5. The van der Waals surface area contributed by atoms with Crippen molar-refractivity contribution in [1.82, 2.24) is 5.32 Å². The zero-order valence-electron chi connectivity index (χ0n) is 11.6. The number of amides is 1. The van der Waals surface area contributed by atoms with Gasteiger partial charge in [0.25, 0.3) is 5.91 Å². The van der Waals surface area contributed by atoms with Gasteiger partial charge in [0.1, 0.15) is 0 Å². The highest BCUT2D eigenvalue weighted by molar-refractivity contribution is 5.96. The summed E-state index contributed by atoms with van der Waals surface area (Å²) in [4.78, 5) is 12.2. The van der Waals surface area contributed by atoms with Crippen molar-refractivity contribution >= 4 is 18.3 Å². The van der Waals surface area contributed by atoms with Crippen molar-refractivity contribution in [2.45, 2.75) is 51.6 Å². The van der Waals surface area contributed by atoms with E-state index in [1.54, 1.807) is 0 Å². The number of hydrogen-bond acceptors (Lipinski definition) is 2. The average molecular weight is 283 g/mol. The number of hydrogen-bond donors (Lipinski definition) is 2. The molecule has 0 radical (unpaired) electrons. The van der Waals surface area contributed by atoms with Crippen molar-refractivity contribution < 1.29 is 4.79 Å². The average Bonchev–Trinajstić information content (AvgIpc) is 2.35. The Morgan fingerprint density at radius 3 is 2.47 bits per heavy atom. The van der Waals surface area contributed by atoms with Crippen LogP contribution in [-0.4, -0.2) is 18.0 Å². The van der Waals surface area contributed by atoms with E-state index in [9.17, 15) is 4.79 Å². The molecule has 19 heavy (non-hydrogen) atoms. The molecular formula is C15H23ClN2O. The van der Waals surface area contributed by atoms with Crippen molar-refractivity contribution in [2.75, 3.05) is 0 Å². The van der Waals surface area contributed by atoms with E-state index in [-0.39, 0.29) is 24.4 Å². The highest BCUT2D eigenvalue weighted by Gasteiger charge is 2.21. The van der Waals surface area contributed by atoms with Gasteiger partial charge in [-0.05, 0) is 56.7 Å². The minimum absolute atomic E-state index is 0. The Hall–Kier alpha value is -1.06. The number of halogens is 1. The van der Waals surface area contributed by atoms with Crippen LogP contribution < -0.4 is 11.1 Å². The Bertz CT molecular complexity index is 440. The lowest BCUT2D eigenvalue weighted by molar-refractivity contribution is 0.0925. The minimum atomic E-state index is 0. The maximum absolute atomic E-state index is 12.2. The van der Waals surface area contributed by atoms with Gasteiger partial charge in [-0.25, -0.2) is 0 Å². The third-order valence-corrected chi connectivity index (χ3v) is 3.96. The van der Waals surface area contributed by atoms with Gasteiger partial charge in [-0.15, -0.1) is 12.4 Å². The molecular weight excluding hydrogens is 260 g/mol. The van der Waals surface area contributed by atoms with Gasteiger partial charge in [0.2, 0.25) is 0 Å². The lowest BCUT2D eigenvalue weighted by atomic mass is 9.91. The molecule has 1 fully saturated rings. The van der Waals surface area contributed by atoms with Crippen molar-refractivity contribution in [1.29, 1.82) is 0 Å². The topological polar surface area (TPSA) is 55.1 Å². The van der Waals surface area contributed by atoms with Crippen molar-refractivity contribution in [3.8, 4) is 0 Å². The van der Waals surface area contributed by atoms with Crippen LogP contribution in [0, 0.1) is 13.8 Å². The van der Waals surface area contributed by atoms with E-state index in [0.29, 0.717) is 6.04 Å². The van der Waals surface area contributed by atoms with Crippen LogP contribution in [0.2, 0.25) is 0 Å². The zero-order valence-corrected chi connectivity index (χ0v) is 12.4. The minimum Gasteiger partial charge on any atom is -0.349 e. The zero-order chi connectivity index (χ0) is 13.1. The van der Waals surface area contributed by atoms with E-state index in [1.807, 2.05) is 32.0 Å². The number of carbonyl (C=O) groups is 1. The van der Waals surface area contributed by atoms with Crippen molar-refractivity contribution in [3.05, 3.63) is 34.9 Å². The van der Waals surface area contributed by atoms with Crippen LogP contribution in [0.3, 0.4) is 0 Å². The normalized spacial score (nSPS) is 22.5. The Labute approximate surface area is 121 Å². The molecule has 0 heterocycles. The second-order valence-corrected chi connectivity index (χ2v) is 5.33. The SMILES string of the molecule is Cc1cccc(C(=O)NC2CCC(N)CC2)c1C.Cl. The smallest absolute Gasteiger partial charge is 0.251 e. The van der Waals surface area contributed by atoms with Crippen LogP contribution in [0.5, 0.6) is 0 Å². The Balaban J connectivity index is 0.00000180. The Kier molecular flexibility index (Phi) is 5.83. The second kappa shape index (κ2) is 6.92. The summed E-state index contributed by atoms with van der Waals surface area (Å²) < 4.78 is 0. The third-order valence-electron chi connectivity index (χ3n) is 3.96. The molecule has 3 N–H and O–H groups in total. The predicted molar refractivity (Wildman–Crippen MR) is 80.9 cm³/mol. The molecule has 0 aliphatic heterocycles. The molecule has 1 saturated carbocycles. The maximum atomic E-state index is 12.2. The molecule has 2 rings (SSSR count). The van der Waals surface area contributed by atoms with Gasteiger partial charge in [-0.2, -0.15) is 0 Å². The van der Waals surface area contributed by atoms with Crippen LogP contribution in [0.1, 0.15) is 47.2 Å². The molecule has 1 aromatic carbocycles. The van der Waals surface area contributed by atoms with Crippen molar-refractivity contribution in [3.63, 3.8) is 0 Å². The van der Waals surface area contributed by atoms with E-state index in [4.69, 9.17) is 5.73 Å². The van der Waals surface area contributed by atoms with Crippen LogP contribution >= 0.6 is 12.4 Å². The molecule has 1 aliphatic carbocycles. The van der Waals surface area contributed by atoms with Gasteiger partial charge in [0.05, 0.1) is 0 Å². The number of rotatable bonds is 2. The first kappa shape index (κ1) is 16.0. The van der Waals surface area contributed by atoms with Gasteiger partial charge < -0.3 is 11.1 Å². The number of nitrogens with one attached hydrogen (secondary N) is 1. The maximum Gasteiger partial charge on any atom is 0.251 e. The largest absolute Gasteiger partial charge is 0.349 e. The first-order valence-corrected chi connectivity index (χ1v) is 6.70. The lowest BCUT2D eigenvalue weighted by Gasteiger charge is -2.27. The standard InChI is InChI=1S/C15H22N2O.ClH/c1-10-4-3-5-14(11(10)2)15(18)17-13-8-6-12(16)7-9-13;/h3-5,12-13H,6-9,16H2,1-2H3,(H,17,18);1H. The Morgan fingerprint density at radius 1 is 1.21 bits per heavy atom. The molecule has 4 heteroatoms. The van der Waals surface area contributed by atoms with Gasteiger partial charge >= 0.3 is 0 Å². The summed E-state index contributed by atoms with van der Waals surface area (Å²) in [5.74, 6) is 0.0525.